The molecular formula is C11H14N4O2S. The maximum Gasteiger partial charge on any atom is 0.309 e. The summed E-state index contributed by atoms with van der Waals surface area (Å²) in [5.74, 6) is 0.270. The number of carbonyl (C=O) groups excluding carboxylic acids is 1. The second kappa shape index (κ2) is 5.81. The molecule has 0 amide bonds. The number of nitrogens with zero attached hydrogens (tertiary/aromatic N) is 3. The predicted octanol–water partition coefficient (Wildman–Crippen LogP) is 1.64. The number of rotatable bonds is 5. The Morgan fingerprint density at radius 1 is 1.50 bits per heavy atom. The van der Waals surface area contributed by atoms with Crippen molar-refractivity contribution in [1.29, 1.82) is 0 Å². The van der Waals surface area contributed by atoms with Crippen LogP contribution < -0.4 is 0 Å². The van der Waals surface area contributed by atoms with Crippen molar-refractivity contribution in [1.82, 2.24) is 19.9 Å². The monoisotopic (exact) mass is 266 g/mol. The summed E-state index contributed by atoms with van der Waals surface area (Å²) in [6.07, 6.45) is 3.05. The Morgan fingerprint density at radius 3 is 3.11 bits per heavy atom. The van der Waals surface area contributed by atoms with Crippen molar-refractivity contribution in [3.8, 4) is 0 Å². The minimum atomic E-state index is -0.181. The quantitative estimate of drug-likeness (QED) is 0.503. The molecule has 2 rings (SSSR count). The number of hydrogen-bond acceptors (Lipinski definition) is 6. The zero-order chi connectivity index (χ0) is 13.0. The van der Waals surface area contributed by atoms with Gasteiger partial charge in [0.25, 0.3) is 0 Å². The normalized spacial score (nSPS) is 12.6. The predicted molar refractivity (Wildman–Crippen MR) is 68.2 cm³/mol. The summed E-state index contributed by atoms with van der Waals surface area (Å²) >= 11 is 1.49. The summed E-state index contributed by atoms with van der Waals surface area (Å²) in [5, 5.41) is 0.800. The molecule has 2 heterocycles. The number of aromatic nitrogens is 4. The molecular weight excluding hydrogens is 252 g/mol. The number of H-pyrrole nitrogens is 1. The number of nitrogens with one attached hydrogen (secondary N) is 1. The molecule has 1 N–H and O–H groups in total. The molecule has 2 aromatic heterocycles. The fraction of sp³-hybridized carbons (Fsp3) is 0.455. The van der Waals surface area contributed by atoms with Crippen molar-refractivity contribution in [2.45, 2.75) is 18.9 Å². The van der Waals surface area contributed by atoms with Crippen LogP contribution >= 0.6 is 11.8 Å². The molecule has 0 aliphatic heterocycles. The van der Waals surface area contributed by atoms with Gasteiger partial charge in [-0.1, -0.05) is 6.92 Å². The maximum absolute atomic E-state index is 11.5. The molecule has 18 heavy (non-hydrogen) atoms. The first-order valence-electron chi connectivity index (χ1n) is 5.66. The van der Waals surface area contributed by atoms with E-state index in [0.717, 1.165) is 10.5 Å². The molecule has 1 atom stereocenters. The van der Waals surface area contributed by atoms with Crippen LogP contribution in [0.4, 0.5) is 0 Å². The third kappa shape index (κ3) is 2.79. The standard InChI is InChI=1S/C11H14N4O2S/c1-3-17-11(16)7(2)4-18-10-8-9(13-5-12-8)14-6-15-10/h5-7H,3-4H2,1-2H3,(H,12,13,14,15). The summed E-state index contributed by atoms with van der Waals surface area (Å²) in [6, 6.07) is 0. The Morgan fingerprint density at radius 2 is 2.33 bits per heavy atom. The third-order valence-corrected chi connectivity index (χ3v) is 3.60. The molecule has 0 aliphatic carbocycles. The van der Waals surface area contributed by atoms with Gasteiger partial charge in [-0.2, -0.15) is 0 Å². The summed E-state index contributed by atoms with van der Waals surface area (Å²) in [5.41, 5.74) is 1.44. The van der Waals surface area contributed by atoms with Crippen LogP contribution in [0.25, 0.3) is 11.2 Å². The van der Waals surface area contributed by atoms with E-state index in [1.54, 1.807) is 13.3 Å². The fourth-order valence-corrected chi connectivity index (χ4v) is 2.37. The Balaban J connectivity index is 2.02. The first kappa shape index (κ1) is 12.8. The van der Waals surface area contributed by atoms with Gasteiger partial charge >= 0.3 is 5.97 Å². The van der Waals surface area contributed by atoms with Crippen molar-refractivity contribution < 1.29 is 9.53 Å². The highest BCUT2D eigenvalue weighted by atomic mass is 32.2. The summed E-state index contributed by atoms with van der Waals surface area (Å²) in [4.78, 5) is 26.8. The molecule has 0 spiro atoms. The summed E-state index contributed by atoms with van der Waals surface area (Å²) < 4.78 is 4.96. The van der Waals surface area contributed by atoms with Gasteiger partial charge in [-0.25, -0.2) is 15.0 Å². The van der Waals surface area contributed by atoms with E-state index in [9.17, 15) is 4.79 Å². The van der Waals surface area contributed by atoms with Gasteiger partial charge in [0.2, 0.25) is 0 Å². The zero-order valence-corrected chi connectivity index (χ0v) is 11.0. The number of thioether (sulfide) groups is 1. The average Bonchev–Trinajstić information content (AvgIpc) is 2.84. The SMILES string of the molecule is CCOC(=O)C(C)CSc1ncnc2nc[nH]c12. The highest BCUT2D eigenvalue weighted by molar-refractivity contribution is 7.99. The van der Waals surface area contributed by atoms with Crippen LogP contribution in [0.15, 0.2) is 17.7 Å². The van der Waals surface area contributed by atoms with Gasteiger partial charge in [-0.3, -0.25) is 4.79 Å². The van der Waals surface area contributed by atoms with E-state index in [1.807, 2.05) is 6.92 Å². The molecule has 2 aromatic rings. The van der Waals surface area contributed by atoms with Gasteiger partial charge in [-0.05, 0) is 6.92 Å². The molecule has 0 aromatic carbocycles. The van der Waals surface area contributed by atoms with E-state index in [2.05, 4.69) is 19.9 Å². The van der Waals surface area contributed by atoms with E-state index >= 15 is 0 Å². The number of fused-ring (bicyclic) bond motifs is 1. The largest absolute Gasteiger partial charge is 0.466 e. The van der Waals surface area contributed by atoms with E-state index in [1.165, 1.54) is 18.1 Å². The van der Waals surface area contributed by atoms with Gasteiger partial charge < -0.3 is 9.72 Å². The topological polar surface area (TPSA) is 80.8 Å². The first-order chi connectivity index (χ1) is 8.72. The van der Waals surface area contributed by atoms with Crippen LogP contribution in [0.2, 0.25) is 0 Å². The van der Waals surface area contributed by atoms with Gasteiger partial charge in [0, 0.05) is 5.75 Å². The van der Waals surface area contributed by atoms with E-state index < -0.39 is 0 Å². The number of aromatic amines is 1. The molecule has 0 fully saturated rings. The summed E-state index contributed by atoms with van der Waals surface area (Å²) in [6.45, 7) is 4.05. The number of carbonyl (C=O) groups is 1. The molecule has 0 saturated heterocycles. The Hall–Kier alpha value is -1.63. The minimum absolute atomic E-state index is 0.164. The zero-order valence-electron chi connectivity index (χ0n) is 10.2. The van der Waals surface area contributed by atoms with Crippen LogP contribution in [-0.2, 0) is 9.53 Å². The molecule has 96 valence electrons. The summed E-state index contributed by atoms with van der Waals surface area (Å²) in [7, 11) is 0. The molecule has 0 aliphatic rings. The first-order valence-corrected chi connectivity index (χ1v) is 6.64. The van der Waals surface area contributed by atoms with Crippen molar-refractivity contribution >= 4 is 28.9 Å². The molecule has 1 unspecified atom stereocenters. The van der Waals surface area contributed by atoms with Crippen LogP contribution in [0.1, 0.15) is 13.8 Å². The smallest absolute Gasteiger partial charge is 0.309 e. The second-order valence-corrected chi connectivity index (χ2v) is 4.75. The molecule has 0 bridgehead atoms. The van der Waals surface area contributed by atoms with Crippen molar-refractivity contribution in [2.24, 2.45) is 5.92 Å². The fourth-order valence-electron chi connectivity index (χ4n) is 1.41. The lowest BCUT2D eigenvalue weighted by molar-refractivity contribution is -0.146. The molecule has 0 radical (unpaired) electrons. The lowest BCUT2D eigenvalue weighted by atomic mass is 10.2. The number of hydrogen-bond donors (Lipinski definition) is 1. The van der Waals surface area contributed by atoms with Crippen molar-refractivity contribution in [3.63, 3.8) is 0 Å². The molecule has 6 nitrogen and oxygen atoms in total. The van der Waals surface area contributed by atoms with E-state index in [-0.39, 0.29) is 11.9 Å². The minimum Gasteiger partial charge on any atom is -0.466 e. The Kier molecular flexibility index (Phi) is 4.14. The number of esters is 1. The average molecular weight is 266 g/mol. The number of ether oxygens (including phenoxy) is 1. The lowest BCUT2D eigenvalue weighted by Gasteiger charge is -2.09. The highest BCUT2D eigenvalue weighted by Crippen LogP contribution is 2.24. The van der Waals surface area contributed by atoms with Gasteiger partial charge in [-0.15, -0.1) is 11.8 Å². The third-order valence-electron chi connectivity index (χ3n) is 2.35. The van der Waals surface area contributed by atoms with Crippen LogP contribution in [0.3, 0.4) is 0 Å². The Labute approximate surface area is 109 Å². The lowest BCUT2D eigenvalue weighted by Crippen LogP contribution is -2.16. The van der Waals surface area contributed by atoms with E-state index in [4.69, 9.17) is 4.74 Å². The van der Waals surface area contributed by atoms with Crippen molar-refractivity contribution in [3.05, 3.63) is 12.7 Å². The van der Waals surface area contributed by atoms with Crippen LogP contribution in [0, 0.1) is 5.92 Å². The van der Waals surface area contributed by atoms with Gasteiger partial charge in [0.15, 0.2) is 5.65 Å². The highest BCUT2D eigenvalue weighted by Gasteiger charge is 2.16. The van der Waals surface area contributed by atoms with E-state index in [0.29, 0.717) is 18.0 Å². The van der Waals surface area contributed by atoms with Crippen LogP contribution in [-0.4, -0.2) is 38.3 Å². The molecule has 0 saturated carbocycles. The molecule has 7 heteroatoms. The maximum atomic E-state index is 11.5. The second-order valence-electron chi connectivity index (χ2n) is 3.74. The Bertz CT molecular complexity index is 543. The van der Waals surface area contributed by atoms with Gasteiger partial charge in [0.1, 0.15) is 16.9 Å². The number of imidazole rings is 1. The van der Waals surface area contributed by atoms with Crippen molar-refractivity contribution in [2.75, 3.05) is 12.4 Å². The van der Waals surface area contributed by atoms with Crippen LogP contribution in [0.5, 0.6) is 0 Å². The van der Waals surface area contributed by atoms with Gasteiger partial charge in [0.05, 0.1) is 18.9 Å².